The zero-order chi connectivity index (χ0) is 18.2. The lowest BCUT2D eigenvalue weighted by Gasteiger charge is -2.43. The summed E-state index contributed by atoms with van der Waals surface area (Å²) in [5.41, 5.74) is 1.31. The van der Waals surface area contributed by atoms with Gasteiger partial charge >= 0.3 is 0 Å². The third kappa shape index (κ3) is 5.11. The average molecular weight is 381 g/mol. The van der Waals surface area contributed by atoms with Crippen molar-refractivity contribution < 1.29 is 9.13 Å². The number of morpholine rings is 1. The predicted octanol–water partition coefficient (Wildman–Crippen LogP) is 1.74. The summed E-state index contributed by atoms with van der Waals surface area (Å²) >= 11 is 2.04. The van der Waals surface area contributed by atoms with Crippen molar-refractivity contribution in [2.75, 3.05) is 57.9 Å². The molecule has 0 radical (unpaired) electrons. The molecule has 0 saturated carbocycles. The van der Waals surface area contributed by atoms with Gasteiger partial charge in [0.25, 0.3) is 0 Å². The molecule has 0 aromatic heterocycles. The number of benzene rings is 1. The van der Waals surface area contributed by atoms with Gasteiger partial charge in [-0.05, 0) is 36.3 Å². The first kappa shape index (κ1) is 19.5. The summed E-state index contributed by atoms with van der Waals surface area (Å²) in [5.74, 6) is 3.01. The summed E-state index contributed by atoms with van der Waals surface area (Å²) in [6.07, 6.45) is 2.04. The van der Waals surface area contributed by atoms with Crippen LogP contribution in [0.15, 0.2) is 29.3 Å². The maximum atomic E-state index is 13.0. The summed E-state index contributed by atoms with van der Waals surface area (Å²) in [6.45, 7) is 5.35. The molecule has 7 heteroatoms. The molecule has 2 aliphatic heterocycles. The van der Waals surface area contributed by atoms with E-state index in [-0.39, 0.29) is 11.4 Å². The topological polar surface area (TPSA) is 48.9 Å². The molecule has 26 heavy (non-hydrogen) atoms. The molecule has 2 saturated heterocycles. The highest BCUT2D eigenvalue weighted by Crippen LogP contribution is 2.33. The normalized spacial score (nSPS) is 24.6. The second-order valence-corrected chi connectivity index (χ2v) is 7.96. The molecule has 2 heterocycles. The van der Waals surface area contributed by atoms with Gasteiger partial charge < -0.3 is 15.4 Å². The average Bonchev–Trinajstić information content (AvgIpc) is 3.17. The van der Waals surface area contributed by atoms with Crippen molar-refractivity contribution in [3.05, 3.63) is 35.6 Å². The van der Waals surface area contributed by atoms with Crippen LogP contribution in [0.5, 0.6) is 0 Å². The van der Waals surface area contributed by atoms with E-state index >= 15 is 0 Å². The molecule has 0 bridgehead atoms. The van der Waals surface area contributed by atoms with Crippen LogP contribution in [0.4, 0.5) is 4.39 Å². The van der Waals surface area contributed by atoms with Crippen LogP contribution in [0.2, 0.25) is 0 Å². The van der Waals surface area contributed by atoms with Crippen molar-refractivity contribution in [2.24, 2.45) is 4.99 Å². The molecule has 0 aliphatic carbocycles. The molecule has 2 aliphatic rings. The van der Waals surface area contributed by atoms with Gasteiger partial charge in [-0.25, -0.2) is 4.39 Å². The molecule has 144 valence electrons. The van der Waals surface area contributed by atoms with E-state index < -0.39 is 0 Å². The zero-order valence-corrected chi connectivity index (χ0v) is 16.3. The van der Waals surface area contributed by atoms with Gasteiger partial charge in [-0.2, -0.15) is 11.8 Å². The minimum absolute atomic E-state index is 0.193. The first-order valence-corrected chi connectivity index (χ1v) is 10.5. The lowest BCUT2D eigenvalue weighted by molar-refractivity contribution is -0.0120. The molecular formula is C19H29FN4OS. The van der Waals surface area contributed by atoms with Crippen LogP contribution in [0, 0.1) is 5.82 Å². The van der Waals surface area contributed by atoms with Crippen LogP contribution < -0.4 is 10.6 Å². The minimum atomic E-state index is -0.193. The number of aliphatic imine (C=N–C) groups is 1. The molecule has 1 aromatic carbocycles. The maximum Gasteiger partial charge on any atom is 0.191 e. The second kappa shape index (κ2) is 9.58. The molecule has 3 rings (SSSR count). The largest absolute Gasteiger partial charge is 0.379 e. The number of rotatable bonds is 6. The van der Waals surface area contributed by atoms with Gasteiger partial charge in [0.15, 0.2) is 5.96 Å². The van der Waals surface area contributed by atoms with E-state index in [1.165, 1.54) is 24.3 Å². The Morgan fingerprint density at radius 2 is 2.04 bits per heavy atom. The Kier molecular flexibility index (Phi) is 7.16. The van der Waals surface area contributed by atoms with Gasteiger partial charge in [-0.1, -0.05) is 12.1 Å². The quantitative estimate of drug-likeness (QED) is 0.582. The van der Waals surface area contributed by atoms with Crippen molar-refractivity contribution in [1.82, 2.24) is 15.5 Å². The molecule has 5 nitrogen and oxygen atoms in total. The van der Waals surface area contributed by atoms with E-state index in [2.05, 4.69) is 20.5 Å². The number of ether oxygens (including phenoxy) is 1. The predicted molar refractivity (Wildman–Crippen MR) is 107 cm³/mol. The highest BCUT2D eigenvalue weighted by molar-refractivity contribution is 7.99. The third-order valence-electron chi connectivity index (χ3n) is 5.19. The monoisotopic (exact) mass is 380 g/mol. The van der Waals surface area contributed by atoms with Gasteiger partial charge in [-0.3, -0.25) is 9.89 Å². The lowest BCUT2D eigenvalue weighted by Crippen LogP contribution is -2.60. The maximum absolute atomic E-state index is 13.0. The van der Waals surface area contributed by atoms with E-state index in [0.717, 1.165) is 63.1 Å². The lowest BCUT2D eigenvalue weighted by atomic mass is 9.95. The number of halogens is 1. The SMILES string of the molecule is CN=C(NCCc1ccc(F)cc1)NCC1(N2CCOCC2)CCSC1. The van der Waals surface area contributed by atoms with Crippen molar-refractivity contribution >= 4 is 17.7 Å². The standard InChI is InChI=1S/C19H29FN4OS/c1-21-18(22-8-6-16-2-4-17(20)5-3-16)23-14-19(7-13-26-15-19)24-9-11-25-12-10-24/h2-5H,6-15H2,1H3,(H2,21,22,23). The van der Waals surface area contributed by atoms with Gasteiger partial charge in [0, 0.05) is 44.5 Å². The summed E-state index contributed by atoms with van der Waals surface area (Å²) in [7, 11) is 1.80. The van der Waals surface area contributed by atoms with Crippen LogP contribution in [-0.2, 0) is 11.2 Å². The van der Waals surface area contributed by atoms with Gasteiger partial charge in [0.1, 0.15) is 5.82 Å². The molecule has 0 spiro atoms. The zero-order valence-electron chi connectivity index (χ0n) is 15.5. The van der Waals surface area contributed by atoms with E-state index in [9.17, 15) is 4.39 Å². The smallest absolute Gasteiger partial charge is 0.191 e. The summed E-state index contributed by atoms with van der Waals surface area (Å²) in [5, 5.41) is 6.90. The van der Waals surface area contributed by atoms with Gasteiger partial charge in [0.05, 0.1) is 13.2 Å². The minimum Gasteiger partial charge on any atom is -0.379 e. The van der Waals surface area contributed by atoms with Crippen LogP contribution >= 0.6 is 11.8 Å². The number of nitrogens with zero attached hydrogens (tertiary/aromatic N) is 2. The van der Waals surface area contributed by atoms with Crippen molar-refractivity contribution in [3.8, 4) is 0 Å². The van der Waals surface area contributed by atoms with Crippen molar-refractivity contribution in [2.45, 2.75) is 18.4 Å². The summed E-state index contributed by atoms with van der Waals surface area (Å²) in [6, 6.07) is 6.67. The van der Waals surface area contributed by atoms with Crippen LogP contribution in [0.25, 0.3) is 0 Å². The Balaban J connectivity index is 1.48. The van der Waals surface area contributed by atoms with E-state index in [1.54, 1.807) is 7.05 Å². The Morgan fingerprint density at radius 1 is 1.27 bits per heavy atom. The molecule has 0 amide bonds. The van der Waals surface area contributed by atoms with Crippen molar-refractivity contribution in [3.63, 3.8) is 0 Å². The van der Waals surface area contributed by atoms with E-state index in [4.69, 9.17) is 4.74 Å². The highest BCUT2D eigenvalue weighted by atomic mass is 32.2. The fourth-order valence-corrected chi connectivity index (χ4v) is 5.06. The second-order valence-electron chi connectivity index (χ2n) is 6.86. The summed E-state index contributed by atoms with van der Waals surface area (Å²) < 4.78 is 18.5. The number of hydrogen-bond acceptors (Lipinski definition) is 4. The highest BCUT2D eigenvalue weighted by Gasteiger charge is 2.40. The Labute approximate surface area is 159 Å². The Bertz CT molecular complexity index is 584. The van der Waals surface area contributed by atoms with Crippen molar-refractivity contribution in [1.29, 1.82) is 0 Å². The summed E-state index contributed by atoms with van der Waals surface area (Å²) in [4.78, 5) is 6.95. The van der Waals surface area contributed by atoms with Crippen LogP contribution in [0.3, 0.4) is 0 Å². The van der Waals surface area contributed by atoms with Crippen LogP contribution in [-0.4, -0.2) is 74.3 Å². The molecule has 1 aromatic rings. The van der Waals surface area contributed by atoms with Gasteiger partial charge in [0.2, 0.25) is 0 Å². The number of guanidine groups is 1. The molecule has 2 fully saturated rings. The third-order valence-corrected chi connectivity index (χ3v) is 6.43. The molecule has 1 unspecified atom stereocenters. The Morgan fingerprint density at radius 3 is 2.69 bits per heavy atom. The first-order valence-electron chi connectivity index (χ1n) is 9.31. The van der Waals surface area contributed by atoms with Gasteiger partial charge in [-0.15, -0.1) is 0 Å². The number of nitrogens with one attached hydrogen (secondary N) is 2. The first-order chi connectivity index (χ1) is 12.7. The van der Waals surface area contributed by atoms with E-state index in [1.807, 2.05) is 23.9 Å². The number of hydrogen-bond donors (Lipinski definition) is 2. The fraction of sp³-hybridized carbons (Fsp3) is 0.632. The molecule has 2 N–H and O–H groups in total. The fourth-order valence-electron chi connectivity index (χ4n) is 3.58. The van der Waals surface area contributed by atoms with E-state index in [0.29, 0.717) is 0 Å². The molecular weight excluding hydrogens is 351 g/mol. The Hall–Kier alpha value is -1.31. The molecule has 1 atom stereocenters. The van der Waals surface area contributed by atoms with Crippen LogP contribution in [0.1, 0.15) is 12.0 Å². The number of thioether (sulfide) groups is 1.